The summed E-state index contributed by atoms with van der Waals surface area (Å²) in [7, 11) is 0. The molecule has 24 heavy (non-hydrogen) atoms. The van der Waals surface area contributed by atoms with Gasteiger partial charge in [0.1, 0.15) is 6.54 Å². The summed E-state index contributed by atoms with van der Waals surface area (Å²) in [4.78, 5) is 25.0. The summed E-state index contributed by atoms with van der Waals surface area (Å²) in [6.45, 7) is -0.0377. The third kappa shape index (κ3) is 4.96. The Morgan fingerprint density at radius 2 is 1.88 bits per heavy atom. The van der Waals surface area contributed by atoms with Crippen LogP contribution in [0.1, 0.15) is 10.4 Å². The molecular formula is C16H16N4O3S. The first-order valence-electron chi connectivity index (χ1n) is 6.92. The van der Waals surface area contributed by atoms with E-state index < -0.39 is 11.9 Å². The van der Waals surface area contributed by atoms with Crippen LogP contribution in [-0.2, 0) is 4.79 Å². The Hall–Kier alpha value is -3.13. The van der Waals surface area contributed by atoms with Crippen LogP contribution in [0.15, 0.2) is 48.5 Å². The summed E-state index contributed by atoms with van der Waals surface area (Å²) in [6.07, 6.45) is 0. The molecule has 0 saturated carbocycles. The number of primary amides is 1. The van der Waals surface area contributed by atoms with E-state index in [0.717, 1.165) is 15.9 Å². The van der Waals surface area contributed by atoms with Gasteiger partial charge in [0.15, 0.2) is 5.13 Å². The summed E-state index contributed by atoms with van der Waals surface area (Å²) < 4.78 is 0.883. The molecule has 8 heteroatoms. The Morgan fingerprint density at radius 3 is 2.50 bits per heavy atom. The highest BCUT2D eigenvalue weighted by molar-refractivity contribution is 7.22. The number of para-hydroxylation sites is 1. The number of benzene rings is 2. The SMILES string of the molecule is NC(=O)c1ccc2nc(N)sc2c1.O=C(O)CNc1ccccc1. The van der Waals surface area contributed by atoms with Gasteiger partial charge in [-0.25, -0.2) is 4.98 Å². The number of nitrogen functional groups attached to an aromatic ring is 1. The van der Waals surface area contributed by atoms with E-state index in [1.54, 1.807) is 18.2 Å². The fourth-order valence-corrected chi connectivity index (χ4v) is 2.60. The van der Waals surface area contributed by atoms with Crippen LogP contribution in [0, 0.1) is 0 Å². The normalized spacial score (nSPS) is 9.83. The number of anilines is 2. The van der Waals surface area contributed by atoms with E-state index in [1.807, 2.05) is 30.3 Å². The van der Waals surface area contributed by atoms with Crippen molar-refractivity contribution in [2.45, 2.75) is 0 Å². The van der Waals surface area contributed by atoms with Gasteiger partial charge in [0.05, 0.1) is 10.2 Å². The van der Waals surface area contributed by atoms with E-state index in [9.17, 15) is 9.59 Å². The summed E-state index contributed by atoms with van der Waals surface area (Å²) in [5.74, 6) is -1.29. The molecule has 0 fully saturated rings. The Kier molecular flexibility index (Phi) is 5.69. The number of carbonyl (C=O) groups is 2. The molecule has 0 aliphatic heterocycles. The summed E-state index contributed by atoms with van der Waals surface area (Å²) in [5.41, 5.74) is 12.7. The molecule has 2 aromatic carbocycles. The lowest BCUT2D eigenvalue weighted by Crippen LogP contribution is -2.11. The topological polar surface area (TPSA) is 131 Å². The van der Waals surface area contributed by atoms with Crippen LogP contribution in [0.2, 0.25) is 0 Å². The average Bonchev–Trinajstić information content (AvgIpc) is 2.93. The molecule has 3 rings (SSSR count). The number of nitrogens with one attached hydrogen (secondary N) is 1. The van der Waals surface area contributed by atoms with Crippen LogP contribution in [-0.4, -0.2) is 28.5 Å². The van der Waals surface area contributed by atoms with Crippen molar-refractivity contribution in [3.63, 3.8) is 0 Å². The van der Waals surface area contributed by atoms with E-state index in [4.69, 9.17) is 16.6 Å². The number of aliphatic carboxylic acids is 1. The van der Waals surface area contributed by atoms with Gasteiger partial charge >= 0.3 is 5.97 Å². The zero-order valence-electron chi connectivity index (χ0n) is 12.6. The van der Waals surface area contributed by atoms with Gasteiger partial charge in [-0.2, -0.15) is 0 Å². The van der Waals surface area contributed by atoms with Crippen molar-refractivity contribution >= 4 is 44.2 Å². The Bertz CT molecular complexity index is 849. The van der Waals surface area contributed by atoms with Gasteiger partial charge in [0.25, 0.3) is 0 Å². The van der Waals surface area contributed by atoms with Crippen molar-refractivity contribution in [2.24, 2.45) is 5.73 Å². The van der Waals surface area contributed by atoms with Crippen molar-refractivity contribution in [3.8, 4) is 0 Å². The molecule has 7 nitrogen and oxygen atoms in total. The third-order valence-electron chi connectivity index (χ3n) is 2.91. The van der Waals surface area contributed by atoms with Gasteiger partial charge in [0.2, 0.25) is 5.91 Å². The van der Waals surface area contributed by atoms with Crippen LogP contribution in [0.3, 0.4) is 0 Å². The minimum Gasteiger partial charge on any atom is -0.480 e. The molecule has 0 radical (unpaired) electrons. The minimum atomic E-state index is -0.853. The number of carbonyl (C=O) groups excluding carboxylic acids is 1. The van der Waals surface area contributed by atoms with Crippen molar-refractivity contribution in [1.29, 1.82) is 0 Å². The maximum absolute atomic E-state index is 10.8. The Balaban J connectivity index is 0.000000177. The molecule has 0 atom stereocenters. The zero-order valence-corrected chi connectivity index (χ0v) is 13.4. The second-order valence-corrected chi connectivity index (χ2v) is 5.77. The largest absolute Gasteiger partial charge is 0.480 e. The predicted octanol–water partition coefficient (Wildman–Crippen LogP) is 2.16. The molecule has 0 aliphatic carbocycles. The van der Waals surface area contributed by atoms with Crippen molar-refractivity contribution in [1.82, 2.24) is 4.98 Å². The highest BCUT2D eigenvalue weighted by Gasteiger charge is 2.04. The van der Waals surface area contributed by atoms with Gasteiger partial charge in [-0.15, -0.1) is 0 Å². The fraction of sp³-hybridized carbons (Fsp3) is 0.0625. The van der Waals surface area contributed by atoms with Gasteiger partial charge in [-0.3, -0.25) is 9.59 Å². The van der Waals surface area contributed by atoms with Crippen LogP contribution >= 0.6 is 11.3 Å². The second kappa shape index (κ2) is 7.93. The smallest absolute Gasteiger partial charge is 0.322 e. The van der Waals surface area contributed by atoms with E-state index >= 15 is 0 Å². The molecule has 0 spiro atoms. The summed E-state index contributed by atoms with van der Waals surface area (Å²) in [5, 5.41) is 11.6. The standard InChI is InChI=1S/C8H7N3OS.C8H9NO2/c9-7(12)4-1-2-5-6(3-4)13-8(10)11-5;10-8(11)6-9-7-4-2-1-3-5-7/h1-3H,(H2,9,12)(H2,10,11);1-5,9H,6H2,(H,10,11). The Labute approximate surface area is 141 Å². The number of hydrogen-bond donors (Lipinski definition) is 4. The van der Waals surface area contributed by atoms with Crippen molar-refractivity contribution in [3.05, 3.63) is 54.1 Å². The van der Waals surface area contributed by atoms with Crippen molar-refractivity contribution in [2.75, 3.05) is 17.6 Å². The highest BCUT2D eigenvalue weighted by atomic mass is 32.1. The summed E-state index contributed by atoms with van der Waals surface area (Å²) >= 11 is 1.34. The maximum Gasteiger partial charge on any atom is 0.322 e. The van der Waals surface area contributed by atoms with Gasteiger partial charge in [-0.1, -0.05) is 29.5 Å². The first kappa shape index (κ1) is 17.2. The number of hydrogen-bond acceptors (Lipinski definition) is 6. The number of nitrogens with zero attached hydrogens (tertiary/aromatic N) is 1. The minimum absolute atomic E-state index is 0.0377. The van der Waals surface area contributed by atoms with Crippen LogP contribution in [0.5, 0.6) is 0 Å². The van der Waals surface area contributed by atoms with Crippen molar-refractivity contribution < 1.29 is 14.7 Å². The number of carboxylic acids is 1. The number of fused-ring (bicyclic) bond motifs is 1. The lowest BCUT2D eigenvalue weighted by atomic mass is 10.2. The number of nitrogens with two attached hydrogens (primary N) is 2. The number of amides is 1. The molecular weight excluding hydrogens is 328 g/mol. The van der Waals surface area contributed by atoms with Crippen LogP contribution in [0.4, 0.5) is 10.8 Å². The average molecular weight is 344 g/mol. The highest BCUT2D eigenvalue weighted by Crippen LogP contribution is 2.24. The van der Waals surface area contributed by atoms with E-state index in [1.165, 1.54) is 11.3 Å². The molecule has 0 aliphatic rings. The number of rotatable bonds is 4. The molecule has 1 heterocycles. The van der Waals surface area contributed by atoms with Crippen LogP contribution < -0.4 is 16.8 Å². The third-order valence-corrected chi connectivity index (χ3v) is 3.75. The molecule has 1 aromatic heterocycles. The maximum atomic E-state index is 10.8. The van der Waals surface area contributed by atoms with E-state index in [0.29, 0.717) is 10.7 Å². The molecule has 6 N–H and O–H groups in total. The number of thiazole rings is 1. The zero-order chi connectivity index (χ0) is 17.5. The summed E-state index contributed by atoms with van der Waals surface area (Å²) in [6, 6.07) is 14.3. The molecule has 0 bridgehead atoms. The lowest BCUT2D eigenvalue weighted by molar-refractivity contribution is -0.134. The first-order valence-corrected chi connectivity index (χ1v) is 7.74. The number of carboxylic acid groups (broad SMARTS) is 1. The first-order chi connectivity index (χ1) is 11.5. The van der Waals surface area contributed by atoms with Crippen LogP contribution in [0.25, 0.3) is 10.2 Å². The Morgan fingerprint density at radius 1 is 1.17 bits per heavy atom. The second-order valence-electron chi connectivity index (χ2n) is 4.71. The predicted molar refractivity (Wildman–Crippen MR) is 95.1 cm³/mol. The number of aromatic nitrogens is 1. The fourth-order valence-electron chi connectivity index (χ4n) is 1.83. The van der Waals surface area contributed by atoms with Gasteiger partial charge < -0.3 is 21.9 Å². The van der Waals surface area contributed by atoms with Gasteiger partial charge in [0, 0.05) is 11.3 Å². The van der Waals surface area contributed by atoms with E-state index in [2.05, 4.69) is 10.3 Å². The quantitative estimate of drug-likeness (QED) is 0.573. The molecule has 1 amide bonds. The lowest BCUT2D eigenvalue weighted by Gasteiger charge is -2.00. The molecule has 124 valence electrons. The monoisotopic (exact) mass is 344 g/mol. The van der Waals surface area contributed by atoms with E-state index in [-0.39, 0.29) is 6.54 Å². The molecule has 3 aromatic rings. The molecule has 0 saturated heterocycles. The van der Waals surface area contributed by atoms with Gasteiger partial charge in [-0.05, 0) is 30.3 Å². The molecule has 0 unspecified atom stereocenters.